The number of hydrogen-bond acceptors (Lipinski definition) is 2. The standard InChI is InChI=1S/C13H18O2/c1-13(15-3-2-14)11-5-9-4-10(7-11)8-12(13)6-9/h3,9-12H,4-8H2,1H3. The van der Waals surface area contributed by atoms with E-state index in [2.05, 4.69) is 6.92 Å². The molecule has 0 aromatic heterocycles. The molecule has 4 aliphatic carbocycles. The summed E-state index contributed by atoms with van der Waals surface area (Å²) in [5, 5.41) is 0. The maximum absolute atomic E-state index is 10.3. The highest BCUT2D eigenvalue weighted by Gasteiger charge is 2.56. The zero-order valence-corrected chi connectivity index (χ0v) is 9.24. The minimum atomic E-state index is -0.0647. The van der Waals surface area contributed by atoms with Gasteiger partial charge in [0.25, 0.3) is 0 Å². The van der Waals surface area contributed by atoms with E-state index in [9.17, 15) is 4.79 Å². The Morgan fingerprint density at radius 2 is 1.67 bits per heavy atom. The molecule has 0 saturated heterocycles. The summed E-state index contributed by atoms with van der Waals surface area (Å²) in [6, 6.07) is 0. The molecule has 0 unspecified atom stereocenters. The topological polar surface area (TPSA) is 26.3 Å². The zero-order chi connectivity index (χ0) is 10.5. The van der Waals surface area contributed by atoms with Gasteiger partial charge in [0.05, 0.1) is 0 Å². The Bertz CT molecular complexity index is 286. The van der Waals surface area contributed by atoms with Crippen LogP contribution in [0.1, 0.15) is 39.0 Å². The van der Waals surface area contributed by atoms with Crippen LogP contribution in [0.15, 0.2) is 6.26 Å². The summed E-state index contributed by atoms with van der Waals surface area (Å²) in [5.74, 6) is 5.01. The van der Waals surface area contributed by atoms with Crippen LogP contribution in [-0.2, 0) is 9.53 Å². The molecule has 4 fully saturated rings. The third-order valence-corrected chi connectivity index (χ3v) is 5.12. The van der Waals surface area contributed by atoms with Crippen LogP contribution in [0.3, 0.4) is 0 Å². The van der Waals surface area contributed by atoms with Crippen LogP contribution >= 0.6 is 0 Å². The molecular weight excluding hydrogens is 188 g/mol. The average Bonchev–Trinajstić information content (AvgIpc) is 2.22. The Hall–Kier alpha value is -0.750. The van der Waals surface area contributed by atoms with Gasteiger partial charge in [0, 0.05) is 0 Å². The molecule has 0 aromatic carbocycles. The monoisotopic (exact) mass is 206 g/mol. The fraction of sp³-hybridized carbons (Fsp3) is 0.846. The second kappa shape index (κ2) is 3.12. The summed E-state index contributed by atoms with van der Waals surface area (Å²) < 4.78 is 5.71. The molecule has 0 atom stereocenters. The number of ether oxygens (including phenoxy) is 1. The number of carbonyl (C=O) groups excluding carboxylic acids is 1. The lowest BCUT2D eigenvalue weighted by Crippen LogP contribution is -2.56. The van der Waals surface area contributed by atoms with Crippen LogP contribution in [0.5, 0.6) is 0 Å². The van der Waals surface area contributed by atoms with Gasteiger partial charge < -0.3 is 4.74 Å². The predicted octanol–water partition coefficient (Wildman–Crippen LogP) is 2.56. The minimum Gasteiger partial charge on any atom is -0.483 e. The summed E-state index contributed by atoms with van der Waals surface area (Å²) >= 11 is 0. The average molecular weight is 206 g/mol. The van der Waals surface area contributed by atoms with Crippen LogP contribution in [0, 0.1) is 23.7 Å². The van der Waals surface area contributed by atoms with Crippen LogP contribution in [0.2, 0.25) is 0 Å². The van der Waals surface area contributed by atoms with Gasteiger partial charge in [-0.2, -0.15) is 0 Å². The van der Waals surface area contributed by atoms with Crippen molar-refractivity contribution in [1.29, 1.82) is 0 Å². The van der Waals surface area contributed by atoms with Crippen molar-refractivity contribution in [3.8, 4) is 0 Å². The normalized spacial score (nSPS) is 51.3. The highest BCUT2D eigenvalue weighted by Crippen LogP contribution is 2.59. The van der Waals surface area contributed by atoms with Gasteiger partial charge in [-0.1, -0.05) is 0 Å². The first-order valence-electron chi connectivity index (χ1n) is 6.09. The van der Waals surface area contributed by atoms with Crippen molar-refractivity contribution in [3.63, 3.8) is 0 Å². The van der Waals surface area contributed by atoms with Gasteiger partial charge in [-0.15, -0.1) is 0 Å². The lowest BCUT2D eigenvalue weighted by Gasteiger charge is -2.58. The van der Waals surface area contributed by atoms with Gasteiger partial charge in [0.15, 0.2) is 12.2 Å². The van der Waals surface area contributed by atoms with Crippen LogP contribution < -0.4 is 0 Å². The van der Waals surface area contributed by atoms with Gasteiger partial charge in [-0.3, -0.25) is 0 Å². The van der Waals surface area contributed by atoms with Crippen molar-refractivity contribution in [3.05, 3.63) is 6.26 Å². The van der Waals surface area contributed by atoms with Crippen molar-refractivity contribution in [2.45, 2.75) is 44.6 Å². The summed E-state index contributed by atoms with van der Waals surface area (Å²) in [5.41, 5.74) is -0.0647. The van der Waals surface area contributed by atoms with Crippen molar-refractivity contribution < 1.29 is 9.53 Å². The van der Waals surface area contributed by atoms with E-state index < -0.39 is 0 Å². The molecule has 0 heterocycles. The SMILES string of the molecule is CC1(OC=C=O)C2CC3CC(C2)CC1C3. The van der Waals surface area contributed by atoms with E-state index in [1.54, 1.807) is 5.94 Å². The summed E-state index contributed by atoms with van der Waals surface area (Å²) in [7, 11) is 0. The van der Waals surface area contributed by atoms with E-state index in [0.29, 0.717) is 11.8 Å². The maximum atomic E-state index is 10.3. The molecular formula is C13H18O2. The predicted molar refractivity (Wildman–Crippen MR) is 56.8 cm³/mol. The van der Waals surface area contributed by atoms with E-state index in [1.807, 2.05) is 0 Å². The first kappa shape index (κ1) is 9.47. The first-order chi connectivity index (χ1) is 7.22. The van der Waals surface area contributed by atoms with E-state index in [0.717, 1.165) is 11.8 Å². The second-order valence-electron chi connectivity index (χ2n) is 5.84. The molecule has 15 heavy (non-hydrogen) atoms. The Kier molecular flexibility index (Phi) is 1.97. The van der Waals surface area contributed by atoms with Gasteiger partial charge in [0.1, 0.15) is 5.60 Å². The van der Waals surface area contributed by atoms with Crippen molar-refractivity contribution >= 4 is 5.94 Å². The van der Waals surface area contributed by atoms with Crippen LogP contribution in [0.4, 0.5) is 0 Å². The Morgan fingerprint density at radius 3 is 2.13 bits per heavy atom. The van der Waals surface area contributed by atoms with Crippen molar-refractivity contribution in [2.24, 2.45) is 23.7 Å². The lowest BCUT2D eigenvalue weighted by atomic mass is 9.50. The van der Waals surface area contributed by atoms with Crippen LogP contribution in [-0.4, -0.2) is 11.5 Å². The maximum Gasteiger partial charge on any atom is 0.167 e. The van der Waals surface area contributed by atoms with E-state index in [1.165, 1.54) is 38.4 Å². The van der Waals surface area contributed by atoms with E-state index >= 15 is 0 Å². The van der Waals surface area contributed by atoms with Crippen molar-refractivity contribution in [2.75, 3.05) is 0 Å². The fourth-order valence-corrected chi connectivity index (χ4v) is 4.46. The molecule has 4 rings (SSSR count). The van der Waals surface area contributed by atoms with E-state index in [-0.39, 0.29) is 5.60 Å². The third-order valence-electron chi connectivity index (χ3n) is 5.12. The molecule has 0 aromatic rings. The smallest absolute Gasteiger partial charge is 0.167 e. The van der Waals surface area contributed by atoms with Crippen molar-refractivity contribution in [1.82, 2.24) is 0 Å². The minimum absolute atomic E-state index is 0.0647. The molecule has 0 amide bonds. The number of rotatable bonds is 2. The molecule has 0 aliphatic heterocycles. The van der Waals surface area contributed by atoms with Crippen LogP contribution in [0.25, 0.3) is 0 Å². The second-order valence-corrected chi connectivity index (χ2v) is 5.84. The molecule has 0 spiro atoms. The van der Waals surface area contributed by atoms with Gasteiger partial charge >= 0.3 is 0 Å². The Balaban J connectivity index is 1.87. The lowest BCUT2D eigenvalue weighted by molar-refractivity contribution is -0.165. The highest BCUT2D eigenvalue weighted by atomic mass is 16.5. The largest absolute Gasteiger partial charge is 0.483 e. The van der Waals surface area contributed by atoms with Gasteiger partial charge in [0.2, 0.25) is 0 Å². The zero-order valence-electron chi connectivity index (χ0n) is 9.24. The Morgan fingerprint density at radius 1 is 1.13 bits per heavy atom. The third kappa shape index (κ3) is 1.28. The summed E-state index contributed by atoms with van der Waals surface area (Å²) in [6.07, 6.45) is 7.95. The molecule has 0 N–H and O–H groups in total. The summed E-state index contributed by atoms with van der Waals surface area (Å²) in [6.45, 7) is 2.20. The molecule has 4 bridgehead atoms. The highest BCUT2D eigenvalue weighted by molar-refractivity contribution is 5.42. The molecule has 4 aliphatic rings. The molecule has 0 radical (unpaired) electrons. The van der Waals surface area contributed by atoms with E-state index in [4.69, 9.17) is 4.74 Å². The molecule has 2 nitrogen and oxygen atoms in total. The Labute approximate surface area is 90.7 Å². The molecule has 82 valence electrons. The van der Waals surface area contributed by atoms with Gasteiger partial charge in [-0.25, -0.2) is 4.79 Å². The molecule has 4 saturated carbocycles. The molecule has 2 heteroatoms. The quantitative estimate of drug-likeness (QED) is 0.512. The first-order valence-corrected chi connectivity index (χ1v) is 6.09. The number of hydrogen-bond donors (Lipinski definition) is 0. The van der Waals surface area contributed by atoms with Gasteiger partial charge in [-0.05, 0) is 62.7 Å². The fourth-order valence-electron chi connectivity index (χ4n) is 4.46. The summed E-state index contributed by atoms with van der Waals surface area (Å²) in [4.78, 5) is 10.3.